The van der Waals surface area contributed by atoms with Crippen molar-refractivity contribution in [1.29, 1.82) is 0 Å². The molecule has 1 aromatic heterocycles. The van der Waals surface area contributed by atoms with Crippen LogP contribution >= 0.6 is 0 Å². The van der Waals surface area contributed by atoms with Gasteiger partial charge in [-0.15, -0.1) is 0 Å². The van der Waals surface area contributed by atoms with Crippen LogP contribution in [0, 0.1) is 0 Å². The smallest absolute Gasteiger partial charge is 0.423 e. The van der Waals surface area contributed by atoms with Crippen LogP contribution in [-0.4, -0.2) is 28.1 Å². The first-order valence-corrected chi connectivity index (χ1v) is 5.81. The van der Waals surface area contributed by atoms with Gasteiger partial charge < -0.3 is 15.4 Å². The summed E-state index contributed by atoms with van der Waals surface area (Å²) in [5.74, 6) is 0.210. The zero-order valence-corrected chi connectivity index (χ0v) is 10.2. The Labute approximate surface area is 111 Å². The van der Waals surface area contributed by atoms with E-state index in [2.05, 4.69) is 10.3 Å². The number of carbonyl (C=O) groups is 1. The number of benzene rings is 1. The third-order valence-electron chi connectivity index (χ3n) is 2.56. The molecule has 1 aromatic carbocycles. The van der Waals surface area contributed by atoms with Gasteiger partial charge in [0.2, 0.25) is 5.91 Å². The number of aromatic nitrogens is 1. The van der Waals surface area contributed by atoms with Crippen molar-refractivity contribution in [3.05, 3.63) is 54.2 Å². The Bertz CT molecular complexity index is 544. The molecular weight excluding hydrogens is 243 g/mol. The van der Waals surface area contributed by atoms with Gasteiger partial charge in [0.05, 0.1) is 6.42 Å². The molecule has 1 amide bonds. The highest BCUT2D eigenvalue weighted by Crippen LogP contribution is 2.03. The van der Waals surface area contributed by atoms with Crippen molar-refractivity contribution in [3.8, 4) is 0 Å². The van der Waals surface area contributed by atoms with E-state index in [1.54, 1.807) is 0 Å². The quantitative estimate of drug-likeness (QED) is 0.669. The first-order chi connectivity index (χ1) is 9.15. The summed E-state index contributed by atoms with van der Waals surface area (Å²) in [4.78, 5) is 15.7. The second-order valence-electron chi connectivity index (χ2n) is 4.06. The van der Waals surface area contributed by atoms with Gasteiger partial charge in [-0.05, 0) is 11.6 Å². The molecule has 2 rings (SSSR count). The van der Waals surface area contributed by atoms with Crippen molar-refractivity contribution in [1.82, 2.24) is 4.98 Å². The minimum absolute atomic E-state index is 0.170. The summed E-state index contributed by atoms with van der Waals surface area (Å²) in [6.45, 7) is 0. The van der Waals surface area contributed by atoms with E-state index in [1.165, 1.54) is 18.3 Å². The van der Waals surface area contributed by atoms with Crippen LogP contribution in [-0.2, 0) is 11.2 Å². The summed E-state index contributed by atoms with van der Waals surface area (Å²) in [5.41, 5.74) is 1.20. The van der Waals surface area contributed by atoms with Crippen molar-refractivity contribution in [2.24, 2.45) is 0 Å². The van der Waals surface area contributed by atoms with Gasteiger partial charge in [0.15, 0.2) is 0 Å². The lowest BCUT2D eigenvalue weighted by Gasteiger charge is -2.05. The van der Waals surface area contributed by atoms with E-state index in [0.717, 1.165) is 5.56 Å². The van der Waals surface area contributed by atoms with Crippen molar-refractivity contribution in [2.75, 3.05) is 5.32 Å². The van der Waals surface area contributed by atoms with E-state index < -0.39 is 7.12 Å². The number of hydrogen-bond donors (Lipinski definition) is 3. The van der Waals surface area contributed by atoms with Crippen molar-refractivity contribution in [2.45, 2.75) is 6.42 Å². The molecule has 0 aliphatic rings. The molecule has 6 heteroatoms. The standard InChI is InChI=1S/C13H13BN2O3/c17-13(8-10-4-2-1-3-5-10)16-12-7-6-11(9-15-12)14(18)19/h1-7,9,18-19H,8H2,(H,15,16,17). The highest BCUT2D eigenvalue weighted by atomic mass is 16.4. The molecule has 0 saturated carbocycles. The van der Waals surface area contributed by atoms with Crippen LogP contribution in [0.4, 0.5) is 5.82 Å². The molecule has 0 bridgehead atoms. The molecule has 5 nitrogen and oxygen atoms in total. The maximum Gasteiger partial charge on any atom is 0.490 e. The summed E-state index contributed by atoms with van der Waals surface area (Å²) < 4.78 is 0. The number of hydrogen-bond acceptors (Lipinski definition) is 4. The first-order valence-electron chi connectivity index (χ1n) is 5.81. The van der Waals surface area contributed by atoms with E-state index in [4.69, 9.17) is 10.0 Å². The van der Waals surface area contributed by atoms with Gasteiger partial charge in [0.1, 0.15) is 5.82 Å². The Morgan fingerprint density at radius 2 is 1.89 bits per heavy atom. The number of rotatable bonds is 4. The van der Waals surface area contributed by atoms with Crippen LogP contribution in [0.15, 0.2) is 48.7 Å². The maximum atomic E-state index is 11.8. The lowest BCUT2D eigenvalue weighted by atomic mass is 9.82. The molecule has 0 atom stereocenters. The molecular formula is C13H13BN2O3. The molecule has 1 heterocycles. The normalized spacial score (nSPS) is 10.0. The van der Waals surface area contributed by atoms with Crippen LogP contribution < -0.4 is 10.8 Å². The molecule has 0 spiro atoms. The van der Waals surface area contributed by atoms with E-state index in [-0.39, 0.29) is 17.8 Å². The van der Waals surface area contributed by atoms with Gasteiger partial charge in [-0.25, -0.2) is 4.98 Å². The van der Waals surface area contributed by atoms with Crippen LogP contribution in [0.1, 0.15) is 5.56 Å². The van der Waals surface area contributed by atoms with Crippen LogP contribution in [0.5, 0.6) is 0 Å². The Hall–Kier alpha value is -2.18. The predicted octanol–water partition coefficient (Wildman–Crippen LogP) is -0.0574. The Morgan fingerprint density at radius 3 is 2.47 bits per heavy atom. The van der Waals surface area contributed by atoms with E-state index in [0.29, 0.717) is 5.82 Å². The molecule has 19 heavy (non-hydrogen) atoms. The predicted molar refractivity (Wildman–Crippen MR) is 72.8 cm³/mol. The number of amides is 1. The van der Waals surface area contributed by atoms with Crippen molar-refractivity contribution < 1.29 is 14.8 Å². The van der Waals surface area contributed by atoms with E-state index in [1.807, 2.05) is 30.3 Å². The third kappa shape index (κ3) is 3.91. The molecule has 0 fully saturated rings. The number of pyridine rings is 1. The first kappa shape index (κ1) is 13.3. The van der Waals surface area contributed by atoms with Gasteiger partial charge in [0.25, 0.3) is 0 Å². The maximum absolute atomic E-state index is 11.8. The van der Waals surface area contributed by atoms with Crippen LogP contribution in [0.25, 0.3) is 0 Å². The summed E-state index contributed by atoms with van der Waals surface area (Å²) >= 11 is 0. The van der Waals surface area contributed by atoms with E-state index >= 15 is 0 Å². The molecule has 0 aliphatic heterocycles. The zero-order chi connectivity index (χ0) is 13.7. The fourth-order valence-corrected chi connectivity index (χ4v) is 1.60. The number of anilines is 1. The van der Waals surface area contributed by atoms with Crippen LogP contribution in [0.3, 0.4) is 0 Å². The fraction of sp³-hybridized carbons (Fsp3) is 0.0769. The second-order valence-corrected chi connectivity index (χ2v) is 4.06. The molecule has 0 radical (unpaired) electrons. The molecule has 96 valence electrons. The lowest BCUT2D eigenvalue weighted by Crippen LogP contribution is -2.30. The second kappa shape index (κ2) is 6.13. The highest BCUT2D eigenvalue weighted by Gasteiger charge is 2.11. The highest BCUT2D eigenvalue weighted by molar-refractivity contribution is 6.58. The molecule has 2 aromatic rings. The lowest BCUT2D eigenvalue weighted by molar-refractivity contribution is -0.115. The van der Waals surface area contributed by atoms with Crippen molar-refractivity contribution in [3.63, 3.8) is 0 Å². The van der Waals surface area contributed by atoms with Gasteiger partial charge in [-0.3, -0.25) is 4.79 Å². The SMILES string of the molecule is O=C(Cc1ccccc1)Nc1ccc(B(O)O)cn1. The zero-order valence-electron chi connectivity index (χ0n) is 10.2. The van der Waals surface area contributed by atoms with Gasteiger partial charge in [0, 0.05) is 11.7 Å². The number of nitrogens with one attached hydrogen (secondary N) is 1. The summed E-state index contributed by atoms with van der Waals surface area (Å²) in [5, 5.41) is 20.5. The third-order valence-corrected chi connectivity index (χ3v) is 2.56. The van der Waals surface area contributed by atoms with Gasteiger partial charge in [-0.1, -0.05) is 36.4 Å². The van der Waals surface area contributed by atoms with E-state index in [9.17, 15) is 4.79 Å². The molecule has 0 aliphatic carbocycles. The number of nitrogens with zero attached hydrogens (tertiary/aromatic N) is 1. The van der Waals surface area contributed by atoms with Crippen molar-refractivity contribution >= 4 is 24.3 Å². The summed E-state index contributed by atoms with van der Waals surface area (Å²) in [7, 11) is -1.55. The molecule has 0 unspecified atom stereocenters. The summed E-state index contributed by atoms with van der Waals surface area (Å²) in [6, 6.07) is 12.4. The van der Waals surface area contributed by atoms with Gasteiger partial charge in [-0.2, -0.15) is 0 Å². The minimum Gasteiger partial charge on any atom is -0.423 e. The monoisotopic (exact) mass is 256 g/mol. The average Bonchev–Trinajstić information content (AvgIpc) is 2.40. The fourth-order valence-electron chi connectivity index (χ4n) is 1.60. The largest absolute Gasteiger partial charge is 0.490 e. The molecule has 3 N–H and O–H groups in total. The van der Waals surface area contributed by atoms with Gasteiger partial charge >= 0.3 is 7.12 Å². The molecule has 0 saturated heterocycles. The Morgan fingerprint density at radius 1 is 1.16 bits per heavy atom. The number of carbonyl (C=O) groups excluding carboxylic acids is 1. The topological polar surface area (TPSA) is 82.5 Å². The Kier molecular flexibility index (Phi) is 4.28. The minimum atomic E-state index is -1.55. The summed E-state index contributed by atoms with van der Waals surface area (Å²) in [6.07, 6.45) is 1.58. The Balaban J connectivity index is 1.95. The van der Waals surface area contributed by atoms with Crippen LogP contribution in [0.2, 0.25) is 0 Å². The average molecular weight is 256 g/mol.